The monoisotopic (exact) mass is 126 g/mol. The predicted octanol–water partition coefficient (Wildman–Crippen LogP) is -4.38. The molecule has 0 saturated carbocycles. The quantitative estimate of drug-likeness (QED) is 0.308. The van der Waals surface area contributed by atoms with Gasteiger partial charge in [0, 0.05) is 0 Å². The maximum atomic E-state index is 8.46. The topological polar surface area (TPSA) is 51.2 Å². The van der Waals surface area contributed by atoms with E-state index in [9.17, 15) is 0 Å². The van der Waals surface area contributed by atoms with Crippen LogP contribution in [-0.2, 0) is 11.4 Å². The molecule has 0 aliphatic heterocycles. The summed E-state index contributed by atoms with van der Waals surface area (Å²) in [6.45, 7) is 0. The third-order valence-corrected chi connectivity index (χ3v) is 0. The van der Waals surface area contributed by atoms with Gasteiger partial charge >= 0.3 is 72.3 Å². The summed E-state index contributed by atoms with van der Waals surface area (Å²) >= 11 is -1.14. The van der Waals surface area contributed by atoms with Crippen LogP contribution in [0.3, 0.4) is 0 Å². The van der Waals surface area contributed by atoms with Gasteiger partial charge in [0.1, 0.15) is 0 Å². The van der Waals surface area contributed by atoms with Crippen LogP contribution in [0.5, 0.6) is 0 Å². The van der Waals surface area contributed by atoms with E-state index in [-0.39, 0.29) is 29.6 Å². The number of rotatable bonds is 0. The van der Waals surface area contributed by atoms with Crippen molar-refractivity contribution in [2.45, 2.75) is 0 Å². The molecule has 0 atom stereocenters. The van der Waals surface area contributed by atoms with Crippen LogP contribution in [0.25, 0.3) is 0 Å². The van der Waals surface area contributed by atoms with Gasteiger partial charge in [-0.1, -0.05) is 0 Å². The van der Waals surface area contributed by atoms with Gasteiger partial charge in [0.05, 0.1) is 0 Å². The molecule has 0 rings (SSSR count). The summed E-state index contributed by atoms with van der Waals surface area (Å²) in [4.78, 5) is 0. The maximum absolute atomic E-state index is 8.46. The van der Waals surface area contributed by atoms with E-state index in [1.54, 1.807) is 0 Å². The van der Waals surface area contributed by atoms with Crippen molar-refractivity contribution in [1.82, 2.24) is 0 Å². The molecule has 26 valence electrons. The van der Waals surface area contributed by atoms with Crippen molar-refractivity contribution in [3.8, 4) is 0 Å². The van der Waals surface area contributed by atoms with Crippen molar-refractivity contribution in [1.29, 1.82) is 0 Å². The Morgan fingerprint density at radius 2 is 1.17 bits per heavy atom. The fourth-order valence-corrected chi connectivity index (χ4v) is 0. The molecule has 6 heteroatoms. The molecule has 0 radical (unpaired) electrons. The zero-order chi connectivity index (χ0) is 4.71. The van der Waals surface area contributed by atoms with Gasteiger partial charge in [-0.3, -0.25) is 0 Å². The van der Waals surface area contributed by atoms with Crippen LogP contribution in [0.15, 0.2) is 0 Å². The third kappa shape index (κ3) is 50.8. The Morgan fingerprint density at radius 1 is 1.17 bits per heavy atom. The normalized spacial score (nSPS) is 1.83. The van der Waals surface area contributed by atoms with E-state index in [2.05, 4.69) is 0 Å². The summed E-state index contributed by atoms with van der Waals surface area (Å²) in [6.07, 6.45) is 0. The molecule has 3 nitrogen and oxygen atoms in total. The second-order valence-electron chi connectivity index (χ2n) is 0.0962. The van der Waals surface area contributed by atoms with Gasteiger partial charge in [0.2, 0.25) is 0 Å². The first kappa shape index (κ1) is 15.7. The standard InChI is InChI=1S/2Al.Na.3O.H/q;-1;+1;;;;. The van der Waals surface area contributed by atoms with Crippen molar-refractivity contribution in [3.63, 3.8) is 0 Å². The summed E-state index contributed by atoms with van der Waals surface area (Å²) in [7, 11) is 0. The summed E-state index contributed by atoms with van der Waals surface area (Å²) < 4.78 is 25.2. The van der Waals surface area contributed by atoms with E-state index in [0.717, 1.165) is 0 Å². The molecule has 0 aromatic heterocycles. The molecule has 0 fully saturated rings. The Kier molecular flexibility index (Phi) is 82.9. The Bertz CT molecular complexity index is 38.1. The van der Waals surface area contributed by atoms with E-state index in [1.165, 1.54) is 0 Å². The molecule has 0 aromatic rings. The first-order valence-corrected chi connectivity index (χ1v) is 2.28. The van der Waals surface area contributed by atoms with E-state index in [4.69, 9.17) is 11.4 Å². The summed E-state index contributed by atoms with van der Waals surface area (Å²) in [5.41, 5.74) is 0. The van der Waals surface area contributed by atoms with Gasteiger partial charge in [-0.15, -0.1) is 0 Å². The van der Waals surface area contributed by atoms with Gasteiger partial charge in [-0.25, -0.2) is 0 Å². The summed E-state index contributed by atoms with van der Waals surface area (Å²) in [5.74, 6) is 0. The average Bonchev–Trinajstić information content (AvgIpc) is 1.46. The van der Waals surface area contributed by atoms with Crippen molar-refractivity contribution >= 4 is 31.3 Å². The second kappa shape index (κ2) is 31.8. The van der Waals surface area contributed by atoms with Gasteiger partial charge in [0.25, 0.3) is 0 Å². The third-order valence-electron chi connectivity index (χ3n) is 0. The van der Waals surface area contributed by atoms with Crippen molar-refractivity contribution in [2.75, 3.05) is 0 Å². The van der Waals surface area contributed by atoms with E-state index < -0.39 is 15.1 Å². The zero-order valence-electron chi connectivity index (χ0n) is 3.51. The van der Waals surface area contributed by atoms with E-state index in [0.29, 0.717) is 16.2 Å². The van der Waals surface area contributed by atoms with Crippen LogP contribution in [0.4, 0.5) is 0 Å². The van der Waals surface area contributed by atoms with Crippen LogP contribution in [0.1, 0.15) is 0 Å². The van der Waals surface area contributed by atoms with Crippen LogP contribution in [0, 0.1) is 0 Å². The van der Waals surface area contributed by atoms with E-state index in [1.807, 2.05) is 0 Å². The SMILES string of the molecule is [Na+].[O]=[Al-]=[O].[O]=[AlH]. The molecule has 0 amide bonds. The minimum absolute atomic E-state index is 0. The molecule has 0 heterocycles. The van der Waals surface area contributed by atoms with Gasteiger partial charge in [-0.05, 0) is 0 Å². The minimum atomic E-state index is -1.75. The van der Waals surface area contributed by atoms with Crippen LogP contribution >= 0.6 is 0 Å². The number of hydrogen-bond donors (Lipinski definition) is 0. The fourth-order valence-electron chi connectivity index (χ4n) is 0. The zero-order valence-corrected chi connectivity index (χ0v) is 8.08. The second-order valence-corrected chi connectivity index (χ2v) is 0.289. The predicted molar refractivity (Wildman–Crippen MR) is 15.0 cm³/mol. The molecule has 0 spiro atoms. The first-order chi connectivity index (χ1) is 2.41. The molecule has 0 aliphatic rings. The van der Waals surface area contributed by atoms with Gasteiger partial charge in [0.15, 0.2) is 0 Å². The Labute approximate surface area is 71.5 Å². The molecule has 0 unspecified atom stereocenters. The molecule has 0 N–H and O–H groups in total. The Balaban J connectivity index is -0.0000000275. The Morgan fingerprint density at radius 3 is 1.17 bits per heavy atom. The molecule has 0 aromatic carbocycles. The number of hydrogen-bond acceptors (Lipinski definition) is 3. The van der Waals surface area contributed by atoms with Crippen LogP contribution in [-0.4, -0.2) is 31.3 Å². The van der Waals surface area contributed by atoms with Crippen LogP contribution in [0.2, 0.25) is 0 Å². The summed E-state index contributed by atoms with van der Waals surface area (Å²) in [6, 6.07) is 0. The van der Waals surface area contributed by atoms with Crippen molar-refractivity contribution < 1.29 is 41.0 Å². The fraction of sp³-hybridized carbons (Fsp3) is 0. The molecular weight excluding hydrogens is 125 g/mol. The van der Waals surface area contributed by atoms with E-state index >= 15 is 0 Å². The Hall–Kier alpha value is 1.46. The first-order valence-electron chi connectivity index (χ1n) is 0.760. The average molecular weight is 126 g/mol. The molecule has 0 aliphatic carbocycles. The van der Waals surface area contributed by atoms with Gasteiger partial charge < -0.3 is 0 Å². The van der Waals surface area contributed by atoms with Crippen molar-refractivity contribution in [3.05, 3.63) is 0 Å². The molecule has 0 saturated heterocycles. The van der Waals surface area contributed by atoms with Gasteiger partial charge in [-0.2, -0.15) is 0 Å². The molecule has 0 bridgehead atoms. The molecular formula is HAl2NaO3. The molecule has 6 heavy (non-hydrogen) atoms. The van der Waals surface area contributed by atoms with Crippen molar-refractivity contribution in [2.24, 2.45) is 0 Å². The van der Waals surface area contributed by atoms with Crippen LogP contribution < -0.4 is 29.6 Å². The summed E-state index contributed by atoms with van der Waals surface area (Å²) in [5, 5.41) is 0.